The fourth-order valence-corrected chi connectivity index (χ4v) is 9.64. The first-order valence-corrected chi connectivity index (χ1v) is 13.3. The highest BCUT2D eigenvalue weighted by molar-refractivity contribution is 6.02. The minimum atomic E-state index is -0.452. The maximum absolute atomic E-state index is 14.2. The molecule has 3 unspecified atom stereocenters. The van der Waals surface area contributed by atoms with Crippen LogP contribution in [0.15, 0.2) is 23.3 Å². The number of aliphatic hydroxyl groups excluding tert-OH is 1. The van der Waals surface area contributed by atoms with Crippen LogP contribution in [0.3, 0.4) is 0 Å². The molecule has 3 fully saturated rings. The van der Waals surface area contributed by atoms with Crippen molar-refractivity contribution in [2.24, 2.45) is 50.7 Å². The first kappa shape index (κ1) is 24.0. The summed E-state index contributed by atoms with van der Waals surface area (Å²) < 4.78 is 0. The van der Waals surface area contributed by atoms with Crippen LogP contribution in [0, 0.1) is 62.1 Å². The lowest BCUT2D eigenvalue weighted by Crippen LogP contribution is -2.64. The van der Waals surface area contributed by atoms with Gasteiger partial charge in [0.25, 0.3) is 0 Å². The number of Topliss-reactive ketones (excluding diaryl/α,β-unsaturated/α-hetero) is 1. The highest BCUT2D eigenvalue weighted by Gasteiger charge is 2.68. The summed E-state index contributed by atoms with van der Waals surface area (Å²) in [7, 11) is 0. The Morgan fingerprint density at radius 3 is 2.35 bits per heavy atom. The molecule has 0 aromatic rings. The molecule has 0 spiro atoms. The van der Waals surface area contributed by atoms with Crippen LogP contribution in [0.2, 0.25) is 0 Å². The molecular weight excluding hydrogens is 422 g/mol. The van der Waals surface area contributed by atoms with Gasteiger partial charge in [-0.25, -0.2) is 0 Å². The zero-order chi connectivity index (χ0) is 24.9. The molecule has 0 saturated heterocycles. The predicted molar refractivity (Wildman–Crippen MR) is 131 cm³/mol. The number of allylic oxidation sites excluding steroid dienone is 4. The molecule has 0 bridgehead atoms. The van der Waals surface area contributed by atoms with Gasteiger partial charge in [-0.3, -0.25) is 9.59 Å². The smallest absolute Gasteiger partial charge is 0.176 e. The Morgan fingerprint density at radius 1 is 1.03 bits per heavy atom. The second-order valence-electron chi connectivity index (χ2n) is 13.9. The van der Waals surface area contributed by atoms with E-state index in [9.17, 15) is 20.0 Å². The average Bonchev–Trinajstić information content (AvgIpc) is 2.77. The largest absolute Gasteiger partial charge is 0.396 e. The molecule has 1 N–H and O–H groups in total. The number of rotatable bonds is 1. The summed E-state index contributed by atoms with van der Waals surface area (Å²) in [6, 6.07) is 2.16. The highest BCUT2D eigenvalue weighted by Crippen LogP contribution is 2.73. The van der Waals surface area contributed by atoms with E-state index in [1.54, 1.807) is 0 Å². The Bertz CT molecular complexity index is 1060. The molecule has 5 rings (SSSR count). The number of aliphatic hydroxyl groups is 1. The van der Waals surface area contributed by atoms with Crippen molar-refractivity contribution in [3.05, 3.63) is 23.3 Å². The monoisotopic (exact) mass is 463 g/mol. The minimum absolute atomic E-state index is 0.0461. The molecule has 34 heavy (non-hydrogen) atoms. The van der Waals surface area contributed by atoms with Crippen LogP contribution in [0.5, 0.6) is 0 Å². The molecule has 0 radical (unpaired) electrons. The molecule has 0 aliphatic heterocycles. The zero-order valence-corrected chi connectivity index (χ0v) is 21.8. The molecule has 4 nitrogen and oxygen atoms in total. The van der Waals surface area contributed by atoms with E-state index in [4.69, 9.17) is 0 Å². The normalized spacial score (nSPS) is 49.5. The maximum Gasteiger partial charge on any atom is 0.176 e. The molecule has 5 aliphatic carbocycles. The van der Waals surface area contributed by atoms with Gasteiger partial charge in [0.15, 0.2) is 11.6 Å². The topological polar surface area (TPSA) is 78.2 Å². The third-order valence-corrected chi connectivity index (χ3v) is 12.0. The molecule has 3 saturated carbocycles. The van der Waals surface area contributed by atoms with Gasteiger partial charge in [0.1, 0.15) is 6.07 Å². The molecule has 8 atom stereocenters. The summed E-state index contributed by atoms with van der Waals surface area (Å²) >= 11 is 0. The van der Waals surface area contributed by atoms with Crippen LogP contribution >= 0.6 is 0 Å². The van der Waals surface area contributed by atoms with Crippen molar-refractivity contribution in [2.45, 2.75) is 86.5 Å². The van der Waals surface area contributed by atoms with Gasteiger partial charge in [0, 0.05) is 23.9 Å². The summed E-state index contributed by atoms with van der Waals surface area (Å²) in [6.07, 6.45) is 10.8. The summed E-state index contributed by atoms with van der Waals surface area (Å²) in [5.41, 5.74) is 0.637. The van der Waals surface area contributed by atoms with Crippen LogP contribution in [0.25, 0.3) is 0 Å². The maximum atomic E-state index is 14.2. The molecule has 5 aliphatic rings. The van der Waals surface area contributed by atoms with Gasteiger partial charge in [-0.1, -0.05) is 53.2 Å². The second-order valence-corrected chi connectivity index (χ2v) is 13.9. The van der Waals surface area contributed by atoms with Gasteiger partial charge in [0.05, 0.1) is 5.57 Å². The summed E-state index contributed by atoms with van der Waals surface area (Å²) in [6.45, 7) is 13.7. The van der Waals surface area contributed by atoms with E-state index in [1.807, 2.05) is 19.1 Å². The first-order chi connectivity index (χ1) is 15.8. The third kappa shape index (κ3) is 2.80. The van der Waals surface area contributed by atoms with Gasteiger partial charge in [-0.15, -0.1) is 0 Å². The van der Waals surface area contributed by atoms with Crippen LogP contribution in [-0.2, 0) is 9.59 Å². The highest BCUT2D eigenvalue weighted by atomic mass is 16.3. The summed E-state index contributed by atoms with van der Waals surface area (Å²) in [5, 5.41) is 20.3. The van der Waals surface area contributed by atoms with E-state index >= 15 is 0 Å². The average molecular weight is 464 g/mol. The number of hydrogen-bond acceptors (Lipinski definition) is 4. The fourth-order valence-electron chi connectivity index (χ4n) is 9.64. The number of carbonyl (C=O) groups is 2. The molecular formula is C30H41NO3. The molecule has 184 valence electrons. The van der Waals surface area contributed by atoms with Gasteiger partial charge >= 0.3 is 0 Å². The number of fused-ring (bicyclic) bond motifs is 7. The third-order valence-electron chi connectivity index (χ3n) is 12.0. The number of hydrogen-bond donors (Lipinski definition) is 1. The first-order valence-electron chi connectivity index (χ1n) is 13.3. The standard InChI is InChI=1S/C30H41NO3/c1-18-20-7-8-28(5)23(27(20,4)14-19(16-31)25(18)34)13-22(33)24-21-15-26(2,3)9-11-30(21,17-32)12-10-29(24,28)6/h13-14,18,20-21,24,32H,7-12,15,17H2,1-6H3/t18-,20?,21?,24?,27-,28+,29+,30+/m0/s1. The lowest BCUT2D eigenvalue weighted by Gasteiger charge is -2.68. The van der Waals surface area contributed by atoms with Gasteiger partial charge < -0.3 is 5.11 Å². The molecule has 0 heterocycles. The van der Waals surface area contributed by atoms with Crippen molar-refractivity contribution in [3.8, 4) is 6.07 Å². The van der Waals surface area contributed by atoms with E-state index in [2.05, 4.69) is 40.7 Å². The lowest BCUT2D eigenvalue weighted by atomic mass is 9.35. The molecule has 0 aromatic carbocycles. The van der Waals surface area contributed by atoms with Crippen LogP contribution in [0.1, 0.15) is 86.5 Å². The fraction of sp³-hybridized carbons (Fsp3) is 0.767. The van der Waals surface area contributed by atoms with Gasteiger partial charge in [-0.2, -0.15) is 5.26 Å². The van der Waals surface area contributed by atoms with E-state index < -0.39 is 5.41 Å². The van der Waals surface area contributed by atoms with Crippen molar-refractivity contribution in [2.75, 3.05) is 6.61 Å². The van der Waals surface area contributed by atoms with Crippen LogP contribution in [-0.4, -0.2) is 23.3 Å². The second kappa shape index (κ2) is 7.16. The van der Waals surface area contributed by atoms with Crippen LogP contribution in [0.4, 0.5) is 0 Å². The summed E-state index contributed by atoms with van der Waals surface area (Å²) in [5.74, 6) is 0.207. The molecule has 4 heteroatoms. The number of nitriles is 1. The van der Waals surface area contributed by atoms with Crippen molar-refractivity contribution < 1.29 is 14.7 Å². The Labute approximate surface area is 204 Å². The summed E-state index contributed by atoms with van der Waals surface area (Å²) in [4.78, 5) is 27.0. The van der Waals surface area contributed by atoms with Crippen molar-refractivity contribution >= 4 is 11.6 Å². The van der Waals surface area contributed by atoms with E-state index in [-0.39, 0.29) is 69.1 Å². The lowest BCUT2D eigenvalue weighted by molar-refractivity contribution is -0.176. The molecule has 0 amide bonds. The predicted octanol–water partition coefficient (Wildman–Crippen LogP) is 5.81. The van der Waals surface area contributed by atoms with E-state index in [0.29, 0.717) is 0 Å². The van der Waals surface area contributed by atoms with E-state index in [0.717, 1.165) is 50.5 Å². The Balaban J connectivity index is 1.68. The van der Waals surface area contributed by atoms with E-state index in [1.165, 1.54) is 0 Å². The zero-order valence-electron chi connectivity index (χ0n) is 21.8. The molecule has 0 aromatic heterocycles. The number of carbonyl (C=O) groups excluding carboxylic acids is 2. The SMILES string of the molecule is C[C@@H]1C(=O)C(C#N)=C[C@]2(C)C3=CC(=O)C4C5CC(C)(C)CC[C@]5(CO)CC[C@@]4(C)[C@]3(C)CCC12. The Morgan fingerprint density at radius 2 is 1.71 bits per heavy atom. The quantitative estimate of drug-likeness (QED) is 0.532. The van der Waals surface area contributed by atoms with Crippen molar-refractivity contribution in [1.29, 1.82) is 5.26 Å². The number of ketones is 2. The number of nitrogens with zero attached hydrogens (tertiary/aromatic N) is 1. The Hall–Kier alpha value is -1.73. The Kier molecular flexibility index (Phi) is 5.05. The minimum Gasteiger partial charge on any atom is -0.396 e. The van der Waals surface area contributed by atoms with Gasteiger partial charge in [0.2, 0.25) is 0 Å². The van der Waals surface area contributed by atoms with Crippen LogP contribution < -0.4 is 0 Å². The van der Waals surface area contributed by atoms with Crippen molar-refractivity contribution in [1.82, 2.24) is 0 Å². The van der Waals surface area contributed by atoms with Gasteiger partial charge in [-0.05, 0) is 84.5 Å². The van der Waals surface area contributed by atoms with Crippen molar-refractivity contribution in [3.63, 3.8) is 0 Å².